The van der Waals surface area contributed by atoms with E-state index in [1.54, 1.807) is 18.3 Å². The van der Waals surface area contributed by atoms with Crippen LogP contribution in [0, 0.1) is 5.82 Å². The SMILES string of the molecule is O=C(NCCc1ccccn1)C1CCCN1c1nc(Cc2ccc(F)cc2)ns1. The molecular weight excluding hydrogens is 389 g/mol. The van der Waals surface area contributed by atoms with Crippen LogP contribution in [-0.4, -0.2) is 39.4 Å². The molecule has 0 bridgehead atoms. The fourth-order valence-electron chi connectivity index (χ4n) is 3.46. The first-order valence-corrected chi connectivity index (χ1v) is 10.5. The van der Waals surface area contributed by atoms with Crippen molar-refractivity contribution in [1.82, 2.24) is 19.7 Å². The van der Waals surface area contributed by atoms with Gasteiger partial charge in [0.2, 0.25) is 11.0 Å². The summed E-state index contributed by atoms with van der Waals surface area (Å²) < 4.78 is 17.5. The maximum Gasteiger partial charge on any atom is 0.242 e. The van der Waals surface area contributed by atoms with E-state index in [-0.39, 0.29) is 17.8 Å². The number of benzene rings is 1. The van der Waals surface area contributed by atoms with E-state index in [0.29, 0.717) is 25.2 Å². The maximum absolute atomic E-state index is 13.1. The molecule has 3 heterocycles. The molecule has 8 heteroatoms. The summed E-state index contributed by atoms with van der Waals surface area (Å²) >= 11 is 1.31. The molecule has 29 heavy (non-hydrogen) atoms. The molecule has 2 aromatic heterocycles. The number of rotatable bonds is 7. The number of nitrogens with zero attached hydrogens (tertiary/aromatic N) is 4. The molecule has 0 spiro atoms. The highest BCUT2D eigenvalue weighted by molar-refractivity contribution is 7.09. The Morgan fingerprint density at radius 1 is 1.24 bits per heavy atom. The van der Waals surface area contributed by atoms with Crippen molar-refractivity contribution in [2.45, 2.75) is 31.7 Å². The topological polar surface area (TPSA) is 71.0 Å². The summed E-state index contributed by atoms with van der Waals surface area (Å²) in [5.74, 6) is 0.459. The summed E-state index contributed by atoms with van der Waals surface area (Å²) in [6.07, 6.45) is 4.77. The van der Waals surface area contributed by atoms with Crippen LogP contribution in [0.15, 0.2) is 48.7 Å². The van der Waals surface area contributed by atoms with Gasteiger partial charge in [-0.25, -0.2) is 9.37 Å². The molecule has 6 nitrogen and oxygen atoms in total. The number of anilines is 1. The summed E-state index contributed by atoms with van der Waals surface area (Å²) in [6, 6.07) is 11.9. The van der Waals surface area contributed by atoms with Crippen LogP contribution in [0.3, 0.4) is 0 Å². The minimum atomic E-state index is -0.255. The number of hydrogen-bond acceptors (Lipinski definition) is 6. The fraction of sp³-hybridized carbons (Fsp3) is 0.333. The molecule has 150 valence electrons. The largest absolute Gasteiger partial charge is 0.354 e. The molecule has 1 atom stereocenters. The van der Waals surface area contributed by atoms with Crippen molar-refractivity contribution in [3.63, 3.8) is 0 Å². The summed E-state index contributed by atoms with van der Waals surface area (Å²) in [7, 11) is 0. The van der Waals surface area contributed by atoms with E-state index in [1.165, 1.54) is 23.7 Å². The quantitative estimate of drug-likeness (QED) is 0.647. The number of pyridine rings is 1. The van der Waals surface area contributed by atoms with E-state index in [4.69, 9.17) is 0 Å². The summed E-state index contributed by atoms with van der Waals surface area (Å²) in [6.45, 7) is 1.36. The Hall–Kier alpha value is -2.87. The number of nitrogens with one attached hydrogen (secondary N) is 1. The molecule has 1 aliphatic rings. The zero-order valence-corrected chi connectivity index (χ0v) is 16.7. The second-order valence-corrected chi connectivity index (χ2v) is 7.74. The molecule has 3 aromatic rings. The Balaban J connectivity index is 1.34. The van der Waals surface area contributed by atoms with Crippen LogP contribution >= 0.6 is 11.5 Å². The summed E-state index contributed by atoms with van der Waals surface area (Å²) in [5.41, 5.74) is 1.92. The van der Waals surface area contributed by atoms with E-state index < -0.39 is 0 Å². The van der Waals surface area contributed by atoms with E-state index in [1.807, 2.05) is 23.1 Å². The number of amides is 1. The van der Waals surface area contributed by atoms with Crippen molar-refractivity contribution in [3.05, 3.63) is 71.6 Å². The van der Waals surface area contributed by atoms with Crippen LogP contribution in [-0.2, 0) is 17.6 Å². The van der Waals surface area contributed by atoms with Gasteiger partial charge in [0.05, 0.1) is 0 Å². The lowest BCUT2D eigenvalue weighted by atomic mass is 10.1. The third kappa shape index (κ3) is 4.95. The molecule has 1 unspecified atom stereocenters. The van der Waals surface area contributed by atoms with Gasteiger partial charge in [-0.2, -0.15) is 4.37 Å². The molecule has 1 saturated heterocycles. The molecule has 0 radical (unpaired) electrons. The van der Waals surface area contributed by atoms with E-state index in [2.05, 4.69) is 19.7 Å². The van der Waals surface area contributed by atoms with Crippen LogP contribution in [0.5, 0.6) is 0 Å². The molecule has 1 fully saturated rings. The van der Waals surface area contributed by atoms with Crippen molar-refractivity contribution in [2.75, 3.05) is 18.0 Å². The lowest BCUT2D eigenvalue weighted by Crippen LogP contribution is -2.44. The monoisotopic (exact) mass is 411 g/mol. The first-order valence-electron chi connectivity index (χ1n) is 9.70. The van der Waals surface area contributed by atoms with E-state index in [0.717, 1.165) is 35.8 Å². The van der Waals surface area contributed by atoms with Gasteiger partial charge in [0.15, 0.2) is 0 Å². The Morgan fingerprint density at radius 3 is 2.90 bits per heavy atom. The Kier molecular flexibility index (Phi) is 6.09. The van der Waals surface area contributed by atoms with Gasteiger partial charge in [0.1, 0.15) is 17.7 Å². The van der Waals surface area contributed by atoms with Crippen molar-refractivity contribution in [1.29, 1.82) is 0 Å². The highest BCUT2D eigenvalue weighted by atomic mass is 32.1. The average molecular weight is 412 g/mol. The Labute approximate surface area is 173 Å². The fourth-order valence-corrected chi connectivity index (χ4v) is 4.23. The van der Waals surface area contributed by atoms with Gasteiger partial charge in [-0.3, -0.25) is 9.78 Å². The maximum atomic E-state index is 13.1. The zero-order valence-electron chi connectivity index (χ0n) is 15.9. The van der Waals surface area contributed by atoms with Crippen molar-refractivity contribution in [2.24, 2.45) is 0 Å². The third-order valence-electron chi connectivity index (χ3n) is 4.94. The predicted molar refractivity (Wildman–Crippen MR) is 110 cm³/mol. The van der Waals surface area contributed by atoms with Crippen molar-refractivity contribution >= 4 is 22.6 Å². The average Bonchev–Trinajstić information content (AvgIpc) is 3.40. The van der Waals surface area contributed by atoms with Gasteiger partial charge < -0.3 is 10.2 Å². The van der Waals surface area contributed by atoms with E-state index >= 15 is 0 Å². The highest BCUT2D eigenvalue weighted by Gasteiger charge is 2.32. The minimum absolute atomic E-state index is 0.0220. The minimum Gasteiger partial charge on any atom is -0.354 e. The lowest BCUT2D eigenvalue weighted by Gasteiger charge is -2.22. The van der Waals surface area contributed by atoms with Gasteiger partial charge >= 0.3 is 0 Å². The highest BCUT2D eigenvalue weighted by Crippen LogP contribution is 2.27. The summed E-state index contributed by atoms with van der Waals surface area (Å²) in [5, 5.41) is 3.79. The van der Waals surface area contributed by atoms with Crippen LogP contribution in [0.25, 0.3) is 0 Å². The molecule has 1 N–H and O–H groups in total. The second-order valence-electron chi connectivity index (χ2n) is 7.01. The normalized spacial score (nSPS) is 16.2. The van der Waals surface area contributed by atoms with Gasteiger partial charge in [-0.05, 0) is 42.7 Å². The molecular formula is C21H22FN5OS. The number of hydrogen-bond donors (Lipinski definition) is 1. The smallest absolute Gasteiger partial charge is 0.242 e. The number of carbonyl (C=O) groups is 1. The summed E-state index contributed by atoms with van der Waals surface area (Å²) in [4.78, 5) is 23.6. The Morgan fingerprint density at radius 2 is 2.10 bits per heavy atom. The van der Waals surface area contributed by atoms with Crippen LogP contribution < -0.4 is 10.2 Å². The van der Waals surface area contributed by atoms with Gasteiger partial charge in [-0.1, -0.05) is 18.2 Å². The van der Waals surface area contributed by atoms with Crippen molar-refractivity contribution < 1.29 is 9.18 Å². The molecule has 1 amide bonds. The van der Waals surface area contributed by atoms with Crippen molar-refractivity contribution in [3.8, 4) is 0 Å². The number of halogens is 1. The van der Waals surface area contributed by atoms with E-state index in [9.17, 15) is 9.18 Å². The number of carbonyl (C=O) groups excluding carboxylic acids is 1. The van der Waals surface area contributed by atoms with Gasteiger partial charge in [0, 0.05) is 49.4 Å². The first-order chi connectivity index (χ1) is 14.2. The standard InChI is InChI=1S/C21H22FN5OS/c22-16-8-6-15(7-9-16)14-19-25-21(29-26-19)27-13-3-5-18(27)20(28)24-12-10-17-4-1-2-11-23-17/h1-2,4,6-9,11,18H,3,5,10,12-14H2,(H,24,28). The molecule has 0 aliphatic carbocycles. The third-order valence-corrected chi connectivity index (χ3v) is 5.73. The first kappa shape index (κ1) is 19.4. The van der Waals surface area contributed by atoms with Gasteiger partial charge in [-0.15, -0.1) is 0 Å². The zero-order chi connectivity index (χ0) is 20.1. The molecule has 0 saturated carbocycles. The molecule has 1 aromatic carbocycles. The van der Waals surface area contributed by atoms with Gasteiger partial charge in [0.25, 0.3) is 0 Å². The second kappa shape index (κ2) is 9.09. The molecule has 4 rings (SSSR count). The lowest BCUT2D eigenvalue weighted by molar-refractivity contribution is -0.122. The van der Waals surface area contributed by atoms with Crippen LogP contribution in [0.4, 0.5) is 9.52 Å². The number of aromatic nitrogens is 3. The Bertz CT molecular complexity index is 947. The predicted octanol–water partition coefficient (Wildman–Crippen LogP) is 2.99. The van der Waals surface area contributed by atoms with Crippen LogP contribution in [0.1, 0.15) is 29.9 Å². The molecule has 1 aliphatic heterocycles. The van der Waals surface area contributed by atoms with Crippen LogP contribution in [0.2, 0.25) is 0 Å².